The van der Waals surface area contributed by atoms with Crippen LogP contribution in [0.3, 0.4) is 0 Å². The second-order valence-corrected chi connectivity index (χ2v) is 5.31. The molecule has 1 aliphatic carbocycles. The molecule has 1 aromatic rings. The highest BCUT2D eigenvalue weighted by Crippen LogP contribution is 2.23. The number of aryl methyl sites for hydroxylation is 1. The van der Waals surface area contributed by atoms with E-state index in [-0.39, 0.29) is 36.1 Å². The third kappa shape index (κ3) is 4.18. The molecule has 1 aliphatic rings. The number of rotatable bonds is 4. The van der Waals surface area contributed by atoms with Gasteiger partial charge in [-0.05, 0) is 49.4 Å². The van der Waals surface area contributed by atoms with Gasteiger partial charge in [0.25, 0.3) is 0 Å². The van der Waals surface area contributed by atoms with E-state index in [1.165, 1.54) is 12.1 Å². The summed E-state index contributed by atoms with van der Waals surface area (Å²) in [4.78, 5) is 11.9. The van der Waals surface area contributed by atoms with Crippen LogP contribution in [0.2, 0.25) is 0 Å². The molecule has 1 aromatic carbocycles. The predicted octanol–water partition coefficient (Wildman–Crippen LogP) is 2.34. The number of nitrogens with one attached hydrogen (secondary N) is 1. The van der Waals surface area contributed by atoms with Crippen LogP contribution < -0.4 is 11.1 Å². The molecule has 0 radical (unpaired) electrons. The fourth-order valence-electron chi connectivity index (χ4n) is 2.71. The Hall–Kier alpha value is -1.13. The summed E-state index contributed by atoms with van der Waals surface area (Å²) in [5, 5.41) is 2.93. The van der Waals surface area contributed by atoms with Crippen LogP contribution in [0.4, 0.5) is 4.39 Å². The molecule has 20 heavy (non-hydrogen) atoms. The number of benzene rings is 1. The van der Waals surface area contributed by atoms with Crippen molar-refractivity contribution in [2.75, 3.05) is 6.54 Å². The third-order valence-corrected chi connectivity index (χ3v) is 3.90. The summed E-state index contributed by atoms with van der Waals surface area (Å²) in [6, 6.07) is 4.76. The minimum Gasteiger partial charge on any atom is -0.355 e. The first-order valence-electron chi connectivity index (χ1n) is 6.86. The first kappa shape index (κ1) is 16.9. The van der Waals surface area contributed by atoms with Gasteiger partial charge in [0.15, 0.2) is 0 Å². The lowest BCUT2D eigenvalue weighted by Gasteiger charge is -2.15. The lowest BCUT2D eigenvalue weighted by Crippen LogP contribution is -2.39. The monoisotopic (exact) mass is 300 g/mol. The van der Waals surface area contributed by atoms with Gasteiger partial charge in [0, 0.05) is 12.6 Å². The van der Waals surface area contributed by atoms with Crippen LogP contribution in [-0.2, 0) is 11.2 Å². The van der Waals surface area contributed by atoms with Crippen LogP contribution in [0, 0.1) is 18.7 Å². The Morgan fingerprint density at radius 2 is 2.20 bits per heavy atom. The van der Waals surface area contributed by atoms with Gasteiger partial charge in [-0.1, -0.05) is 12.5 Å². The number of hydrogen-bond donors (Lipinski definition) is 2. The summed E-state index contributed by atoms with van der Waals surface area (Å²) >= 11 is 0. The highest BCUT2D eigenvalue weighted by Gasteiger charge is 2.29. The molecule has 2 rings (SSSR count). The van der Waals surface area contributed by atoms with Crippen molar-refractivity contribution in [1.82, 2.24) is 5.32 Å². The minimum absolute atomic E-state index is 0. The van der Waals surface area contributed by atoms with Gasteiger partial charge in [-0.25, -0.2) is 4.39 Å². The average Bonchev–Trinajstić information content (AvgIpc) is 2.78. The third-order valence-electron chi connectivity index (χ3n) is 3.90. The number of nitrogens with two attached hydrogens (primary N) is 1. The van der Waals surface area contributed by atoms with Crippen LogP contribution in [0.25, 0.3) is 0 Å². The molecule has 2 unspecified atom stereocenters. The van der Waals surface area contributed by atoms with Gasteiger partial charge in [0.2, 0.25) is 5.91 Å². The number of amides is 1. The van der Waals surface area contributed by atoms with E-state index in [0.717, 1.165) is 36.8 Å². The highest BCUT2D eigenvalue weighted by atomic mass is 35.5. The topological polar surface area (TPSA) is 55.1 Å². The van der Waals surface area contributed by atoms with Gasteiger partial charge in [-0.15, -0.1) is 12.4 Å². The molecule has 0 aliphatic heterocycles. The Labute approximate surface area is 125 Å². The van der Waals surface area contributed by atoms with Gasteiger partial charge in [0.05, 0.1) is 5.92 Å². The van der Waals surface area contributed by atoms with Gasteiger partial charge in [-0.2, -0.15) is 0 Å². The van der Waals surface area contributed by atoms with Crippen molar-refractivity contribution >= 4 is 18.3 Å². The summed E-state index contributed by atoms with van der Waals surface area (Å²) in [5.41, 5.74) is 7.89. The van der Waals surface area contributed by atoms with Crippen molar-refractivity contribution in [3.05, 3.63) is 35.1 Å². The van der Waals surface area contributed by atoms with Gasteiger partial charge >= 0.3 is 0 Å². The number of carbonyl (C=O) groups excluding carboxylic acids is 1. The minimum atomic E-state index is -0.220. The molecule has 1 fully saturated rings. The van der Waals surface area contributed by atoms with Crippen LogP contribution in [-0.4, -0.2) is 18.5 Å². The first-order valence-corrected chi connectivity index (χ1v) is 6.86. The zero-order valence-electron chi connectivity index (χ0n) is 11.7. The van der Waals surface area contributed by atoms with E-state index in [1.807, 2.05) is 6.92 Å². The Kier molecular flexibility index (Phi) is 6.43. The molecule has 0 spiro atoms. The quantitative estimate of drug-likeness (QED) is 0.897. The average molecular weight is 301 g/mol. The lowest BCUT2D eigenvalue weighted by molar-refractivity contribution is -0.125. The highest BCUT2D eigenvalue weighted by molar-refractivity contribution is 5.85. The maximum Gasteiger partial charge on any atom is 0.224 e. The smallest absolute Gasteiger partial charge is 0.224 e. The second-order valence-electron chi connectivity index (χ2n) is 5.31. The van der Waals surface area contributed by atoms with E-state index < -0.39 is 0 Å². The summed E-state index contributed by atoms with van der Waals surface area (Å²) in [5.74, 6) is -0.193. The Morgan fingerprint density at radius 3 is 2.80 bits per heavy atom. The molecule has 0 heterocycles. The zero-order chi connectivity index (χ0) is 13.8. The molecule has 0 aromatic heterocycles. The maximum atomic E-state index is 13.0. The summed E-state index contributed by atoms with van der Waals surface area (Å²) in [7, 11) is 0. The number of halogens is 2. The lowest BCUT2D eigenvalue weighted by atomic mass is 10.0. The normalized spacial score (nSPS) is 21.4. The Morgan fingerprint density at radius 1 is 1.45 bits per heavy atom. The van der Waals surface area contributed by atoms with Crippen molar-refractivity contribution in [3.8, 4) is 0 Å². The van der Waals surface area contributed by atoms with E-state index in [2.05, 4.69) is 5.32 Å². The largest absolute Gasteiger partial charge is 0.355 e. The van der Waals surface area contributed by atoms with Gasteiger partial charge < -0.3 is 11.1 Å². The molecule has 5 heteroatoms. The number of hydrogen-bond acceptors (Lipinski definition) is 2. The Balaban J connectivity index is 0.00000200. The van der Waals surface area contributed by atoms with E-state index in [0.29, 0.717) is 6.54 Å². The molecule has 1 saturated carbocycles. The van der Waals surface area contributed by atoms with Gasteiger partial charge in [-0.3, -0.25) is 4.79 Å². The van der Waals surface area contributed by atoms with Crippen molar-refractivity contribution in [3.63, 3.8) is 0 Å². The van der Waals surface area contributed by atoms with Crippen molar-refractivity contribution in [1.29, 1.82) is 0 Å². The van der Waals surface area contributed by atoms with E-state index in [1.54, 1.807) is 6.07 Å². The molecule has 2 atom stereocenters. The molecule has 112 valence electrons. The van der Waals surface area contributed by atoms with Crippen molar-refractivity contribution < 1.29 is 9.18 Å². The number of carbonyl (C=O) groups is 1. The maximum absolute atomic E-state index is 13.0. The summed E-state index contributed by atoms with van der Waals surface area (Å²) < 4.78 is 13.0. The van der Waals surface area contributed by atoms with Crippen molar-refractivity contribution in [2.24, 2.45) is 11.7 Å². The zero-order valence-corrected chi connectivity index (χ0v) is 12.5. The van der Waals surface area contributed by atoms with E-state index >= 15 is 0 Å². The van der Waals surface area contributed by atoms with Crippen LogP contribution >= 0.6 is 12.4 Å². The standard InChI is InChI=1S/C15H21FN2O.ClH/c1-10-9-12(16)6-5-11(10)7-8-18-15(19)13-3-2-4-14(13)17;/h5-6,9,13-14H,2-4,7-8,17H2,1H3,(H,18,19);1H. The Bertz CT molecular complexity index is 467. The molecule has 0 bridgehead atoms. The molecular formula is C15H22ClFN2O. The van der Waals surface area contributed by atoms with E-state index in [9.17, 15) is 9.18 Å². The molecule has 0 saturated heterocycles. The first-order chi connectivity index (χ1) is 9.08. The molecule has 1 amide bonds. The van der Waals surface area contributed by atoms with Crippen LogP contribution in [0.5, 0.6) is 0 Å². The van der Waals surface area contributed by atoms with Crippen LogP contribution in [0.15, 0.2) is 18.2 Å². The second kappa shape index (κ2) is 7.60. The van der Waals surface area contributed by atoms with E-state index in [4.69, 9.17) is 5.73 Å². The predicted molar refractivity (Wildman–Crippen MR) is 80.4 cm³/mol. The fourth-order valence-corrected chi connectivity index (χ4v) is 2.71. The molecule has 3 nitrogen and oxygen atoms in total. The van der Waals surface area contributed by atoms with Crippen molar-refractivity contribution in [2.45, 2.75) is 38.6 Å². The fraction of sp³-hybridized carbons (Fsp3) is 0.533. The molecular weight excluding hydrogens is 279 g/mol. The molecule has 3 N–H and O–H groups in total. The SMILES string of the molecule is Cc1cc(F)ccc1CCNC(=O)C1CCCC1N.Cl. The van der Waals surface area contributed by atoms with Gasteiger partial charge in [0.1, 0.15) is 5.82 Å². The van der Waals surface area contributed by atoms with Crippen LogP contribution in [0.1, 0.15) is 30.4 Å². The summed E-state index contributed by atoms with van der Waals surface area (Å²) in [6.45, 7) is 2.46. The summed E-state index contributed by atoms with van der Waals surface area (Å²) in [6.07, 6.45) is 3.59.